The van der Waals surface area contributed by atoms with Crippen molar-refractivity contribution >= 4 is 48.8 Å². The SMILES string of the molecule is Cn1c(=O)sc2cc(S(=O)(=O)NC(=O)CCc3cccs3)ccc21. The molecule has 3 rings (SSSR count). The minimum Gasteiger partial charge on any atom is -0.302 e. The van der Waals surface area contributed by atoms with Crippen molar-refractivity contribution in [3.05, 3.63) is 50.3 Å². The Kier molecular flexibility index (Phi) is 4.57. The monoisotopic (exact) mass is 382 g/mol. The van der Waals surface area contributed by atoms with Crippen molar-refractivity contribution in [1.29, 1.82) is 0 Å². The molecule has 0 spiro atoms. The smallest absolute Gasteiger partial charge is 0.302 e. The fourth-order valence-corrected chi connectivity index (χ4v) is 4.97. The van der Waals surface area contributed by atoms with Crippen molar-refractivity contribution in [2.24, 2.45) is 7.05 Å². The Morgan fingerprint density at radius 2 is 2.08 bits per heavy atom. The molecular weight excluding hydrogens is 368 g/mol. The van der Waals surface area contributed by atoms with Crippen LogP contribution < -0.4 is 9.60 Å². The molecule has 24 heavy (non-hydrogen) atoms. The molecule has 9 heteroatoms. The highest BCUT2D eigenvalue weighted by molar-refractivity contribution is 7.90. The number of thiazole rings is 1. The van der Waals surface area contributed by atoms with E-state index in [0.29, 0.717) is 16.6 Å². The number of amides is 1. The number of hydrogen-bond acceptors (Lipinski definition) is 6. The maximum absolute atomic E-state index is 12.3. The second kappa shape index (κ2) is 6.50. The summed E-state index contributed by atoms with van der Waals surface area (Å²) in [5, 5.41) is 1.91. The molecule has 0 fully saturated rings. The predicted octanol–water partition coefficient (Wildman–Crippen LogP) is 2.10. The second-order valence-electron chi connectivity index (χ2n) is 5.16. The highest BCUT2D eigenvalue weighted by Crippen LogP contribution is 2.21. The summed E-state index contributed by atoms with van der Waals surface area (Å²) in [5.74, 6) is -0.551. The minimum atomic E-state index is -3.95. The lowest BCUT2D eigenvalue weighted by molar-refractivity contribution is -0.119. The standard InChI is InChI=1S/C15H14N2O4S3/c1-17-12-6-5-11(9-13(12)23-15(17)19)24(20,21)16-14(18)7-4-10-3-2-8-22-10/h2-3,5-6,8-9H,4,7H2,1H3,(H,16,18). The van der Waals surface area contributed by atoms with Crippen molar-refractivity contribution in [2.75, 3.05) is 0 Å². The van der Waals surface area contributed by atoms with Gasteiger partial charge in [-0.3, -0.25) is 9.59 Å². The number of benzene rings is 1. The molecule has 1 N–H and O–H groups in total. The molecule has 0 atom stereocenters. The highest BCUT2D eigenvalue weighted by Gasteiger charge is 2.19. The van der Waals surface area contributed by atoms with Crippen LogP contribution in [0.3, 0.4) is 0 Å². The van der Waals surface area contributed by atoms with Crippen LogP contribution in [0.25, 0.3) is 10.2 Å². The van der Waals surface area contributed by atoms with Gasteiger partial charge in [-0.15, -0.1) is 11.3 Å². The normalized spacial score (nSPS) is 11.7. The first-order chi connectivity index (χ1) is 11.4. The van der Waals surface area contributed by atoms with Crippen molar-refractivity contribution in [3.8, 4) is 0 Å². The summed E-state index contributed by atoms with van der Waals surface area (Å²) in [5.41, 5.74) is 0.660. The van der Waals surface area contributed by atoms with Gasteiger partial charge in [0, 0.05) is 18.3 Å². The maximum atomic E-state index is 12.3. The van der Waals surface area contributed by atoms with Gasteiger partial charge in [-0.1, -0.05) is 17.4 Å². The number of nitrogens with one attached hydrogen (secondary N) is 1. The van der Waals surface area contributed by atoms with Gasteiger partial charge in [0.1, 0.15) is 0 Å². The van der Waals surface area contributed by atoms with Crippen LogP contribution in [-0.2, 0) is 28.3 Å². The van der Waals surface area contributed by atoms with E-state index in [2.05, 4.69) is 4.72 Å². The van der Waals surface area contributed by atoms with Crippen LogP contribution in [0.15, 0.2) is 45.4 Å². The van der Waals surface area contributed by atoms with Crippen LogP contribution >= 0.6 is 22.7 Å². The summed E-state index contributed by atoms with van der Waals surface area (Å²) in [6.45, 7) is 0. The number of sulfonamides is 1. The van der Waals surface area contributed by atoms with Gasteiger partial charge in [0.2, 0.25) is 5.91 Å². The number of thiophene rings is 1. The van der Waals surface area contributed by atoms with E-state index in [1.54, 1.807) is 13.1 Å². The number of aryl methyl sites for hydroxylation is 2. The van der Waals surface area contributed by atoms with Gasteiger partial charge in [-0.25, -0.2) is 13.1 Å². The number of fused-ring (bicyclic) bond motifs is 1. The summed E-state index contributed by atoms with van der Waals surface area (Å²) in [7, 11) is -2.32. The molecule has 0 bridgehead atoms. The molecular formula is C15H14N2O4S3. The second-order valence-corrected chi connectivity index (χ2v) is 8.87. The topological polar surface area (TPSA) is 85.2 Å². The summed E-state index contributed by atoms with van der Waals surface area (Å²) < 4.78 is 28.8. The number of aromatic nitrogens is 1. The largest absolute Gasteiger partial charge is 0.307 e. The number of rotatable bonds is 5. The summed E-state index contributed by atoms with van der Waals surface area (Å²) >= 11 is 2.49. The average molecular weight is 382 g/mol. The van der Waals surface area contributed by atoms with Crippen LogP contribution in [0, 0.1) is 0 Å². The van der Waals surface area contributed by atoms with Gasteiger partial charge in [-0.05, 0) is 36.1 Å². The molecule has 126 valence electrons. The van der Waals surface area contributed by atoms with E-state index < -0.39 is 15.9 Å². The maximum Gasteiger partial charge on any atom is 0.307 e. The van der Waals surface area contributed by atoms with E-state index in [-0.39, 0.29) is 16.2 Å². The Bertz CT molecular complexity index is 1050. The zero-order chi connectivity index (χ0) is 17.3. The Morgan fingerprint density at radius 3 is 2.79 bits per heavy atom. The molecule has 2 aromatic heterocycles. The molecule has 1 aromatic carbocycles. The Morgan fingerprint density at radius 1 is 1.29 bits per heavy atom. The van der Waals surface area contributed by atoms with E-state index in [4.69, 9.17) is 0 Å². The Hall–Kier alpha value is -1.97. The van der Waals surface area contributed by atoms with Crippen molar-refractivity contribution < 1.29 is 13.2 Å². The molecule has 1 amide bonds. The first kappa shape index (κ1) is 16.9. The van der Waals surface area contributed by atoms with Gasteiger partial charge in [0.15, 0.2) is 0 Å². The lowest BCUT2D eigenvalue weighted by atomic mass is 10.2. The average Bonchev–Trinajstić information content (AvgIpc) is 3.14. The van der Waals surface area contributed by atoms with E-state index in [9.17, 15) is 18.0 Å². The lowest BCUT2D eigenvalue weighted by Gasteiger charge is -2.07. The van der Waals surface area contributed by atoms with Crippen LogP contribution in [0.4, 0.5) is 0 Å². The van der Waals surface area contributed by atoms with Crippen LogP contribution in [0.5, 0.6) is 0 Å². The van der Waals surface area contributed by atoms with Gasteiger partial charge in [0.05, 0.1) is 15.1 Å². The van der Waals surface area contributed by atoms with E-state index in [1.807, 2.05) is 17.5 Å². The molecule has 6 nitrogen and oxygen atoms in total. The first-order valence-electron chi connectivity index (χ1n) is 7.04. The number of nitrogens with zero attached hydrogens (tertiary/aromatic N) is 1. The van der Waals surface area contributed by atoms with Gasteiger partial charge in [0.25, 0.3) is 10.0 Å². The molecule has 0 unspecified atom stereocenters. The van der Waals surface area contributed by atoms with Gasteiger partial charge < -0.3 is 4.57 Å². The predicted molar refractivity (Wildman–Crippen MR) is 95.0 cm³/mol. The molecule has 3 aromatic rings. The molecule has 0 saturated heterocycles. The Balaban J connectivity index is 1.77. The van der Waals surface area contributed by atoms with Crippen LogP contribution in [0.1, 0.15) is 11.3 Å². The van der Waals surface area contributed by atoms with Crippen molar-refractivity contribution in [1.82, 2.24) is 9.29 Å². The number of hydrogen-bond donors (Lipinski definition) is 1. The minimum absolute atomic E-state index is 0.0266. The third-order valence-corrected chi connectivity index (χ3v) is 6.80. The van der Waals surface area contributed by atoms with Gasteiger partial charge >= 0.3 is 4.87 Å². The molecule has 2 heterocycles. The van der Waals surface area contributed by atoms with Gasteiger partial charge in [-0.2, -0.15) is 0 Å². The third kappa shape index (κ3) is 3.42. The first-order valence-corrected chi connectivity index (χ1v) is 10.2. The number of carbonyl (C=O) groups is 1. The fraction of sp³-hybridized carbons (Fsp3) is 0.200. The highest BCUT2D eigenvalue weighted by atomic mass is 32.2. The Labute approximate surface area is 146 Å². The van der Waals surface area contributed by atoms with Crippen molar-refractivity contribution in [3.63, 3.8) is 0 Å². The number of carbonyl (C=O) groups excluding carboxylic acids is 1. The molecule has 0 aliphatic heterocycles. The molecule has 0 aliphatic rings. The van der Waals surface area contributed by atoms with E-state index in [0.717, 1.165) is 16.2 Å². The van der Waals surface area contributed by atoms with E-state index >= 15 is 0 Å². The zero-order valence-electron chi connectivity index (χ0n) is 12.7. The summed E-state index contributed by atoms with van der Waals surface area (Å²) in [6.07, 6.45) is 0.596. The quantitative estimate of drug-likeness (QED) is 0.732. The molecule has 0 aliphatic carbocycles. The van der Waals surface area contributed by atoms with Crippen LogP contribution in [-0.4, -0.2) is 18.9 Å². The lowest BCUT2D eigenvalue weighted by Crippen LogP contribution is -2.30. The van der Waals surface area contributed by atoms with Crippen LogP contribution in [0.2, 0.25) is 0 Å². The van der Waals surface area contributed by atoms with Crippen molar-refractivity contribution in [2.45, 2.75) is 17.7 Å². The summed E-state index contributed by atoms with van der Waals surface area (Å²) in [6, 6.07) is 8.16. The molecule has 0 radical (unpaired) electrons. The van der Waals surface area contributed by atoms with E-state index in [1.165, 1.54) is 28.0 Å². The third-order valence-electron chi connectivity index (χ3n) is 3.50. The fourth-order valence-electron chi connectivity index (χ4n) is 2.23. The molecule has 0 saturated carbocycles. The zero-order valence-corrected chi connectivity index (χ0v) is 15.1. The summed E-state index contributed by atoms with van der Waals surface area (Å²) in [4.78, 5) is 24.4.